The zero-order valence-electron chi connectivity index (χ0n) is 26.5. The molecule has 3 aliphatic rings. The molecule has 3 saturated heterocycles. The zero-order valence-corrected chi connectivity index (χ0v) is 28.0. The van der Waals surface area contributed by atoms with Gasteiger partial charge in [-0.1, -0.05) is 91.3 Å². The highest BCUT2D eigenvalue weighted by Crippen LogP contribution is 2.69. The number of aliphatic hydroxyl groups excluding tert-OH is 1. The summed E-state index contributed by atoms with van der Waals surface area (Å²) in [6.45, 7) is 10.0. The first-order chi connectivity index (χ1) is 22.8. The number of likely N-dealkylation sites (tertiary alicyclic amines) is 1. The molecule has 244 valence electrons. The molecule has 3 fully saturated rings. The summed E-state index contributed by atoms with van der Waals surface area (Å²) in [5.74, 6) is -2.14. The maximum atomic E-state index is 15.1. The van der Waals surface area contributed by atoms with Crippen molar-refractivity contribution in [1.29, 1.82) is 0 Å². The van der Waals surface area contributed by atoms with Crippen molar-refractivity contribution >= 4 is 52.5 Å². The molecule has 47 heavy (non-hydrogen) atoms. The Hall–Kier alpha value is -3.85. The Balaban J connectivity index is 1.48. The van der Waals surface area contributed by atoms with Crippen molar-refractivity contribution in [2.75, 3.05) is 29.5 Å². The molecule has 3 aliphatic heterocycles. The third kappa shape index (κ3) is 5.60. The van der Waals surface area contributed by atoms with Crippen LogP contribution in [-0.2, 0) is 20.8 Å². The number of hydrogen-bond acceptors (Lipinski definition) is 5. The molecular formula is C38H40ClN3O4S. The lowest BCUT2D eigenvalue weighted by Gasteiger charge is -2.42. The fraction of sp³-hybridized carbons (Fsp3) is 0.342. The van der Waals surface area contributed by atoms with E-state index in [-0.39, 0.29) is 42.0 Å². The van der Waals surface area contributed by atoms with Crippen molar-refractivity contribution in [3.8, 4) is 0 Å². The second-order valence-corrected chi connectivity index (χ2v) is 14.5. The van der Waals surface area contributed by atoms with Gasteiger partial charge in [0.05, 0.1) is 39.9 Å². The van der Waals surface area contributed by atoms with Gasteiger partial charge < -0.3 is 19.8 Å². The van der Waals surface area contributed by atoms with E-state index >= 15 is 9.59 Å². The molecule has 3 heterocycles. The second-order valence-electron chi connectivity index (χ2n) is 12.6. The minimum absolute atomic E-state index is 0.0491. The first-order valence-electron chi connectivity index (χ1n) is 16.1. The van der Waals surface area contributed by atoms with E-state index in [0.29, 0.717) is 30.1 Å². The maximum absolute atomic E-state index is 15.1. The van der Waals surface area contributed by atoms with Crippen LogP contribution in [0.4, 0.5) is 11.4 Å². The van der Waals surface area contributed by atoms with Crippen LogP contribution in [0.25, 0.3) is 0 Å². The van der Waals surface area contributed by atoms with E-state index in [1.807, 2.05) is 66.7 Å². The first kappa shape index (κ1) is 33.1. The van der Waals surface area contributed by atoms with Crippen LogP contribution in [0.3, 0.4) is 0 Å². The van der Waals surface area contributed by atoms with Crippen LogP contribution < -0.4 is 9.80 Å². The van der Waals surface area contributed by atoms with E-state index in [9.17, 15) is 9.90 Å². The van der Waals surface area contributed by atoms with Gasteiger partial charge in [0.15, 0.2) is 0 Å². The molecule has 3 amide bonds. The van der Waals surface area contributed by atoms with Crippen LogP contribution in [0.2, 0.25) is 5.02 Å². The quantitative estimate of drug-likeness (QED) is 0.239. The summed E-state index contributed by atoms with van der Waals surface area (Å²) in [6.07, 6.45) is 4.39. The van der Waals surface area contributed by atoms with Gasteiger partial charge in [0.2, 0.25) is 11.8 Å². The fourth-order valence-corrected chi connectivity index (χ4v) is 10.7. The molecule has 0 aliphatic carbocycles. The van der Waals surface area contributed by atoms with Crippen molar-refractivity contribution in [3.63, 3.8) is 0 Å². The normalized spacial score (nSPS) is 26.5. The molecule has 0 radical (unpaired) electrons. The van der Waals surface area contributed by atoms with Crippen molar-refractivity contribution in [1.82, 2.24) is 4.90 Å². The third-order valence-corrected chi connectivity index (χ3v) is 12.4. The maximum Gasteiger partial charge on any atom is 0.251 e. The van der Waals surface area contributed by atoms with Gasteiger partial charge in [0, 0.05) is 24.0 Å². The lowest BCUT2D eigenvalue weighted by Crippen LogP contribution is -2.60. The average Bonchev–Trinajstić information content (AvgIpc) is 3.69. The summed E-state index contributed by atoms with van der Waals surface area (Å²) < 4.78 is -0.888. The van der Waals surface area contributed by atoms with Gasteiger partial charge >= 0.3 is 0 Å². The van der Waals surface area contributed by atoms with E-state index in [1.54, 1.807) is 56.8 Å². The molecule has 2 bridgehead atoms. The fourth-order valence-electron chi connectivity index (χ4n) is 8.05. The van der Waals surface area contributed by atoms with E-state index in [1.165, 1.54) is 0 Å². The van der Waals surface area contributed by atoms with Crippen molar-refractivity contribution < 1.29 is 19.5 Å². The molecule has 3 aromatic carbocycles. The lowest BCUT2D eigenvalue weighted by molar-refractivity contribution is -0.141. The molecule has 1 spiro atoms. The summed E-state index contributed by atoms with van der Waals surface area (Å²) in [7, 11) is 0. The van der Waals surface area contributed by atoms with Crippen LogP contribution in [0.5, 0.6) is 0 Å². The predicted octanol–water partition coefficient (Wildman–Crippen LogP) is 6.02. The van der Waals surface area contributed by atoms with Crippen LogP contribution in [-0.4, -0.2) is 69.5 Å². The molecular weight excluding hydrogens is 630 g/mol. The Morgan fingerprint density at radius 1 is 0.979 bits per heavy atom. The SMILES string of the molecule is C=CCN(C(=O)[C@@H]1[C@H]2C(=O)N([C@@H](CO)Cc3ccccc3)C(C(=O)N(CC=C)c3ccccc3Cl)C23S[C@@H]1CC3C)c1ccccc1. The van der Waals surface area contributed by atoms with Crippen molar-refractivity contribution in [2.24, 2.45) is 17.8 Å². The smallest absolute Gasteiger partial charge is 0.251 e. The number of benzene rings is 3. The largest absolute Gasteiger partial charge is 0.394 e. The standard InChI is InChI=1S/C38H40ClN3O4S/c1-4-20-40(27-16-10-7-11-17-27)35(44)32-31-22-25(3)38(47-31)33(32)36(45)42(28(24-43)23-26-14-8-6-9-15-26)34(38)37(46)41(21-5-2)30-19-13-12-18-29(30)39/h4-19,25,28,31-34,43H,1-2,20-24H2,3H3/t25?,28-,31-,32+,33+,34?,38?/m1/s1. The number of carbonyl (C=O) groups is 3. The molecule has 1 N–H and O–H groups in total. The van der Waals surface area contributed by atoms with Gasteiger partial charge in [-0.3, -0.25) is 14.4 Å². The number of rotatable bonds is 12. The number of fused-ring (bicyclic) bond motifs is 1. The number of carbonyl (C=O) groups excluding carboxylic acids is 3. The molecule has 0 saturated carbocycles. The summed E-state index contributed by atoms with van der Waals surface area (Å²) in [5.41, 5.74) is 2.19. The number of anilines is 2. The minimum atomic E-state index is -0.940. The van der Waals surface area contributed by atoms with Gasteiger partial charge in [-0.25, -0.2) is 0 Å². The minimum Gasteiger partial charge on any atom is -0.394 e. The Morgan fingerprint density at radius 3 is 2.23 bits per heavy atom. The Morgan fingerprint density at radius 2 is 1.60 bits per heavy atom. The molecule has 0 aromatic heterocycles. The first-order valence-corrected chi connectivity index (χ1v) is 17.3. The van der Waals surface area contributed by atoms with Crippen molar-refractivity contribution in [2.45, 2.75) is 41.8 Å². The van der Waals surface area contributed by atoms with Gasteiger partial charge in [0.25, 0.3) is 5.91 Å². The summed E-state index contributed by atoms with van der Waals surface area (Å²) in [6, 6.07) is 24.6. The van der Waals surface area contributed by atoms with E-state index in [0.717, 1.165) is 11.3 Å². The van der Waals surface area contributed by atoms with Crippen LogP contribution >= 0.6 is 23.4 Å². The number of para-hydroxylation sites is 2. The number of aliphatic hydroxyl groups is 1. The molecule has 6 rings (SSSR count). The summed E-state index contributed by atoms with van der Waals surface area (Å²) in [5, 5.41) is 11.2. The summed E-state index contributed by atoms with van der Waals surface area (Å²) in [4.78, 5) is 49.7. The van der Waals surface area contributed by atoms with E-state index in [2.05, 4.69) is 20.1 Å². The third-order valence-electron chi connectivity index (χ3n) is 9.99. The number of amides is 3. The molecule has 9 heteroatoms. The number of halogens is 1. The van der Waals surface area contributed by atoms with Crippen LogP contribution in [0.15, 0.2) is 110 Å². The predicted molar refractivity (Wildman–Crippen MR) is 190 cm³/mol. The summed E-state index contributed by atoms with van der Waals surface area (Å²) >= 11 is 8.27. The Kier molecular flexibility index (Phi) is 9.65. The Labute approximate surface area is 285 Å². The van der Waals surface area contributed by atoms with Gasteiger partial charge in [0.1, 0.15) is 6.04 Å². The van der Waals surface area contributed by atoms with Gasteiger partial charge in [-0.15, -0.1) is 24.9 Å². The number of nitrogens with zero attached hydrogens (tertiary/aromatic N) is 3. The average molecular weight is 670 g/mol. The molecule has 3 unspecified atom stereocenters. The van der Waals surface area contributed by atoms with Gasteiger partial charge in [-0.2, -0.15) is 0 Å². The Bertz CT molecular complexity index is 1650. The zero-order chi connectivity index (χ0) is 33.3. The van der Waals surface area contributed by atoms with E-state index in [4.69, 9.17) is 11.6 Å². The lowest BCUT2D eigenvalue weighted by atomic mass is 9.65. The van der Waals surface area contributed by atoms with Crippen LogP contribution in [0, 0.1) is 17.8 Å². The number of thioether (sulfide) groups is 1. The molecule has 3 aromatic rings. The highest BCUT2D eigenvalue weighted by atomic mass is 35.5. The monoisotopic (exact) mass is 669 g/mol. The molecule has 7 nitrogen and oxygen atoms in total. The second kappa shape index (κ2) is 13.7. The van der Waals surface area contributed by atoms with Crippen LogP contribution in [0.1, 0.15) is 18.9 Å². The highest BCUT2D eigenvalue weighted by molar-refractivity contribution is 8.02. The highest BCUT2D eigenvalue weighted by Gasteiger charge is 2.77. The van der Waals surface area contributed by atoms with Gasteiger partial charge in [-0.05, 0) is 48.6 Å². The number of hydrogen-bond donors (Lipinski definition) is 1. The van der Waals surface area contributed by atoms with E-state index < -0.39 is 28.7 Å². The topological polar surface area (TPSA) is 81.2 Å². The molecule has 7 atom stereocenters. The van der Waals surface area contributed by atoms with Crippen molar-refractivity contribution in [3.05, 3.63) is 121 Å².